The average molecular weight is 381 g/mol. The van der Waals surface area contributed by atoms with Gasteiger partial charge in [0.2, 0.25) is 0 Å². The van der Waals surface area contributed by atoms with Crippen LogP contribution < -0.4 is 0 Å². The number of hydrogen-bond donors (Lipinski definition) is 0. The first-order chi connectivity index (χ1) is 8.78. The molecule has 1 aliphatic heterocycles. The molecular weight excluding hydrogens is 373 g/mol. The Balaban J connectivity index is 1.80. The molecule has 1 nitrogen and oxygen atoms in total. The van der Waals surface area contributed by atoms with Crippen LogP contribution in [0.15, 0.2) is 10.1 Å². The molecule has 0 aromatic rings. The molecule has 19 heavy (non-hydrogen) atoms. The number of epoxide rings is 1. The highest BCUT2D eigenvalue weighted by atomic mass is 35.5. The van der Waals surface area contributed by atoms with Gasteiger partial charge in [0.15, 0.2) is 4.33 Å². The van der Waals surface area contributed by atoms with Crippen molar-refractivity contribution < 1.29 is 4.74 Å². The monoisotopic (exact) mass is 378 g/mol. The maximum atomic E-state index is 6.82. The largest absolute Gasteiger partial charge is 0.369 e. The van der Waals surface area contributed by atoms with Crippen LogP contribution in [0.25, 0.3) is 0 Å². The van der Waals surface area contributed by atoms with E-state index in [1.54, 1.807) is 0 Å². The van der Waals surface area contributed by atoms with Crippen molar-refractivity contribution in [3.8, 4) is 0 Å². The average Bonchev–Trinajstić information content (AvgIpc) is 2.91. The van der Waals surface area contributed by atoms with E-state index in [1.165, 1.54) is 0 Å². The highest BCUT2D eigenvalue weighted by molar-refractivity contribution is 6.65. The van der Waals surface area contributed by atoms with Crippen molar-refractivity contribution in [1.82, 2.24) is 0 Å². The number of allylic oxidation sites excluding steroid dienone is 2. The van der Waals surface area contributed by atoms with Gasteiger partial charge in [-0.25, -0.2) is 0 Å². The molecule has 4 aliphatic carbocycles. The number of alkyl halides is 4. The molecule has 8 atom stereocenters. The van der Waals surface area contributed by atoms with E-state index in [1.807, 2.05) is 0 Å². The molecule has 7 heteroatoms. The first-order valence-electron chi connectivity index (χ1n) is 6.25. The Labute approximate surface area is 140 Å². The number of halogens is 6. The van der Waals surface area contributed by atoms with Gasteiger partial charge in [0.05, 0.1) is 22.3 Å². The molecule has 5 aliphatic rings. The van der Waals surface area contributed by atoms with Crippen molar-refractivity contribution >= 4 is 69.6 Å². The number of ether oxygens (including phenoxy) is 1. The maximum Gasteiger partial charge on any atom is 0.166 e. The second-order valence-electron chi connectivity index (χ2n) is 6.31. The quantitative estimate of drug-likeness (QED) is 0.343. The summed E-state index contributed by atoms with van der Waals surface area (Å²) >= 11 is 39.5. The zero-order valence-corrected chi connectivity index (χ0v) is 13.9. The summed E-state index contributed by atoms with van der Waals surface area (Å²) in [6, 6.07) is 0. The van der Waals surface area contributed by atoms with E-state index in [2.05, 4.69) is 0 Å². The molecule has 0 radical (unpaired) electrons. The van der Waals surface area contributed by atoms with Crippen LogP contribution in [0.1, 0.15) is 6.42 Å². The fraction of sp³-hybridized carbons (Fsp3) is 0.833. The summed E-state index contributed by atoms with van der Waals surface area (Å²) < 4.78 is 4.35. The summed E-state index contributed by atoms with van der Waals surface area (Å²) in [5.74, 6) is 0.776. The highest BCUT2D eigenvalue weighted by Crippen LogP contribution is 2.84. The first-order valence-corrected chi connectivity index (χ1v) is 8.52. The van der Waals surface area contributed by atoms with Gasteiger partial charge in [-0.15, -0.1) is 23.2 Å². The lowest BCUT2D eigenvalue weighted by Crippen LogP contribution is -2.46. The molecule has 5 rings (SSSR count). The molecule has 4 bridgehead atoms. The Morgan fingerprint density at radius 1 is 0.842 bits per heavy atom. The van der Waals surface area contributed by atoms with Gasteiger partial charge in [0, 0.05) is 0 Å². The smallest absolute Gasteiger partial charge is 0.166 e. The second-order valence-corrected chi connectivity index (χ2v) is 9.58. The Morgan fingerprint density at radius 2 is 1.26 bits per heavy atom. The Bertz CT molecular complexity index is 516. The van der Waals surface area contributed by atoms with Crippen LogP contribution in [0.5, 0.6) is 0 Å². The highest BCUT2D eigenvalue weighted by Gasteiger charge is 2.89. The van der Waals surface area contributed by atoms with Crippen molar-refractivity contribution in [1.29, 1.82) is 0 Å². The van der Waals surface area contributed by atoms with Crippen molar-refractivity contribution in [2.24, 2.45) is 23.7 Å². The Kier molecular flexibility index (Phi) is 2.18. The van der Waals surface area contributed by atoms with E-state index in [4.69, 9.17) is 74.3 Å². The van der Waals surface area contributed by atoms with Gasteiger partial charge in [-0.1, -0.05) is 46.4 Å². The minimum Gasteiger partial charge on any atom is -0.369 e. The van der Waals surface area contributed by atoms with Gasteiger partial charge in [-0.05, 0) is 30.1 Å². The van der Waals surface area contributed by atoms with E-state index in [-0.39, 0.29) is 24.0 Å². The first kappa shape index (κ1) is 12.9. The van der Waals surface area contributed by atoms with Gasteiger partial charge in [-0.2, -0.15) is 0 Å². The summed E-state index contributed by atoms with van der Waals surface area (Å²) in [6.07, 6.45) is 1.63. The molecule has 0 amide bonds. The van der Waals surface area contributed by atoms with Crippen LogP contribution in [0.2, 0.25) is 0 Å². The molecule has 4 fully saturated rings. The zero-order chi connectivity index (χ0) is 13.5. The molecule has 0 spiro atoms. The lowest BCUT2D eigenvalue weighted by molar-refractivity contribution is 0.237. The lowest BCUT2D eigenvalue weighted by atomic mass is 9.73. The topological polar surface area (TPSA) is 12.5 Å². The standard InChI is InChI=1S/C12H8Cl6O/c13-8-9(14)11(16)5-3-1-2(6-7(3)19-6)4(5)10(8,15)12(11,17)18/h2-7H,1H2/t2?,3?,4-,5+,6+,7-,10+,11-. The molecule has 0 N–H and O–H groups in total. The van der Waals surface area contributed by atoms with Crippen molar-refractivity contribution in [3.63, 3.8) is 0 Å². The normalized spacial score (nSPS) is 66.6. The minimum absolute atomic E-state index is 0.0467. The summed E-state index contributed by atoms with van der Waals surface area (Å²) in [5.41, 5.74) is 0. The molecular formula is C12H8Cl6O. The van der Waals surface area contributed by atoms with Crippen LogP contribution in [0, 0.1) is 23.7 Å². The third-order valence-corrected chi connectivity index (χ3v) is 10.2. The lowest BCUT2D eigenvalue weighted by Gasteiger charge is -2.38. The second kappa shape index (κ2) is 3.20. The molecule has 104 valence electrons. The van der Waals surface area contributed by atoms with Gasteiger partial charge < -0.3 is 4.74 Å². The van der Waals surface area contributed by atoms with E-state index in [0.717, 1.165) is 6.42 Å². The zero-order valence-electron chi connectivity index (χ0n) is 9.35. The van der Waals surface area contributed by atoms with Crippen molar-refractivity contribution in [3.05, 3.63) is 10.1 Å². The maximum absolute atomic E-state index is 6.82. The molecule has 1 heterocycles. The van der Waals surface area contributed by atoms with Crippen LogP contribution >= 0.6 is 69.6 Å². The molecule has 2 unspecified atom stereocenters. The Hall–Kier alpha value is 1.44. The van der Waals surface area contributed by atoms with Crippen LogP contribution in [-0.4, -0.2) is 26.3 Å². The Morgan fingerprint density at radius 3 is 1.68 bits per heavy atom. The van der Waals surface area contributed by atoms with E-state index >= 15 is 0 Å². The number of fused-ring (bicyclic) bond motifs is 12. The molecule has 3 saturated carbocycles. The van der Waals surface area contributed by atoms with Gasteiger partial charge in [-0.3, -0.25) is 0 Å². The van der Waals surface area contributed by atoms with Crippen LogP contribution in [0.4, 0.5) is 0 Å². The fourth-order valence-electron chi connectivity index (χ4n) is 5.30. The molecule has 0 aromatic carbocycles. The minimum atomic E-state index is -1.37. The molecule has 1 saturated heterocycles. The predicted octanol–water partition coefficient (Wildman–Crippen LogP) is 4.48. The van der Waals surface area contributed by atoms with E-state index < -0.39 is 14.1 Å². The van der Waals surface area contributed by atoms with Crippen LogP contribution in [-0.2, 0) is 4.74 Å². The number of hydrogen-bond acceptors (Lipinski definition) is 1. The third kappa shape index (κ3) is 0.986. The predicted molar refractivity (Wildman–Crippen MR) is 77.6 cm³/mol. The molecule has 0 aromatic heterocycles. The fourth-order valence-corrected chi connectivity index (χ4v) is 8.43. The summed E-state index contributed by atoms with van der Waals surface area (Å²) in [6.45, 7) is 0. The van der Waals surface area contributed by atoms with E-state index in [0.29, 0.717) is 21.9 Å². The van der Waals surface area contributed by atoms with Crippen molar-refractivity contribution in [2.75, 3.05) is 0 Å². The summed E-state index contributed by atoms with van der Waals surface area (Å²) in [7, 11) is 0. The summed E-state index contributed by atoms with van der Waals surface area (Å²) in [5, 5.41) is 0.642. The SMILES string of the molecule is ClC1=C(Cl)[C@]2(Cl)[C@H]3C4CC([C@H]3[C@@]1(Cl)C2(Cl)Cl)[C@@H]1O[C@H]41. The van der Waals surface area contributed by atoms with Crippen LogP contribution in [0.3, 0.4) is 0 Å². The van der Waals surface area contributed by atoms with Crippen molar-refractivity contribution in [2.45, 2.75) is 32.7 Å². The van der Waals surface area contributed by atoms with Gasteiger partial charge in [0.1, 0.15) is 9.75 Å². The summed E-state index contributed by atoms with van der Waals surface area (Å²) in [4.78, 5) is -2.17. The van der Waals surface area contributed by atoms with E-state index in [9.17, 15) is 0 Å². The third-order valence-electron chi connectivity index (χ3n) is 5.92. The van der Waals surface area contributed by atoms with Gasteiger partial charge >= 0.3 is 0 Å². The van der Waals surface area contributed by atoms with Gasteiger partial charge in [0.25, 0.3) is 0 Å². The number of rotatable bonds is 0.